The maximum absolute atomic E-state index is 13.4. The van der Waals surface area contributed by atoms with E-state index in [1.807, 2.05) is 30.3 Å². The molecule has 0 unspecified atom stereocenters. The number of thiocarbonyl (C=S) groups is 1. The second kappa shape index (κ2) is 7.46. The lowest BCUT2D eigenvalue weighted by atomic mass is 10.2. The minimum atomic E-state index is -0.942. The summed E-state index contributed by atoms with van der Waals surface area (Å²) < 4.78 is 26.2. The highest BCUT2D eigenvalue weighted by atomic mass is 32.1. The summed E-state index contributed by atoms with van der Waals surface area (Å²) in [5.41, 5.74) is 5.43. The molecule has 4 nitrogen and oxygen atoms in total. The molecule has 1 amide bonds. The largest absolute Gasteiger partial charge is 0.357 e. The first-order valence-corrected chi connectivity index (χ1v) is 6.80. The molecule has 7 heteroatoms. The molecule has 0 aliphatic carbocycles. The number of halogens is 2. The molecule has 0 aliphatic rings. The summed E-state index contributed by atoms with van der Waals surface area (Å²) in [7, 11) is 0. The predicted molar refractivity (Wildman–Crippen MR) is 82.8 cm³/mol. The number of hydrazine groups is 1. The third-order valence-electron chi connectivity index (χ3n) is 2.76. The number of hydrogen-bond donors (Lipinski definition) is 3. The molecule has 0 radical (unpaired) electrons. The lowest BCUT2D eigenvalue weighted by molar-refractivity contribution is 0.0939. The number of hydrogen-bond acceptors (Lipinski definition) is 2. The zero-order chi connectivity index (χ0) is 15.9. The Balaban J connectivity index is 1.82. The normalized spacial score (nSPS) is 9.91. The van der Waals surface area contributed by atoms with Crippen LogP contribution in [0, 0.1) is 11.6 Å². The number of carbonyl (C=O) groups is 1. The molecule has 22 heavy (non-hydrogen) atoms. The number of rotatable bonds is 3. The molecular weight excluding hydrogens is 308 g/mol. The minimum Gasteiger partial charge on any atom is -0.357 e. The van der Waals surface area contributed by atoms with Gasteiger partial charge in [0.2, 0.25) is 0 Å². The van der Waals surface area contributed by atoms with Crippen LogP contribution in [0.15, 0.2) is 48.5 Å². The van der Waals surface area contributed by atoms with Crippen LogP contribution in [0.5, 0.6) is 0 Å². The van der Waals surface area contributed by atoms with Crippen molar-refractivity contribution in [2.75, 3.05) is 0 Å². The molecule has 2 aromatic rings. The SMILES string of the molecule is O=C(NNC(=S)NCc1ccccc1)c1ccc(F)cc1F. The van der Waals surface area contributed by atoms with Gasteiger partial charge in [-0.3, -0.25) is 15.6 Å². The van der Waals surface area contributed by atoms with Crippen molar-refractivity contribution in [3.8, 4) is 0 Å². The Labute approximate surface area is 131 Å². The van der Waals surface area contributed by atoms with Gasteiger partial charge >= 0.3 is 0 Å². The van der Waals surface area contributed by atoms with E-state index in [0.29, 0.717) is 12.6 Å². The number of carbonyl (C=O) groups excluding carboxylic acids is 1. The average Bonchev–Trinajstić information content (AvgIpc) is 2.51. The van der Waals surface area contributed by atoms with Crippen LogP contribution in [0.3, 0.4) is 0 Å². The zero-order valence-electron chi connectivity index (χ0n) is 11.4. The van der Waals surface area contributed by atoms with Gasteiger partial charge in [-0.25, -0.2) is 8.78 Å². The summed E-state index contributed by atoms with van der Waals surface area (Å²) in [4.78, 5) is 11.7. The van der Waals surface area contributed by atoms with Crippen molar-refractivity contribution < 1.29 is 13.6 Å². The van der Waals surface area contributed by atoms with Crippen molar-refractivity contribution in [2.24, 2.45) is 0 Å². The molecule has 0 saturated carbocycles. The summed E-state index contributed by atoms with van der Waals surface area (Å²) in [6, 6.07) is 12.2. The zero-order valence-corrected chi connectivity index (χ0v) is 12.2. The molecule has 2 aromatic carbocycles. The van der Waals surface area contributed by atoms with Crippen LogP contribution >= 0.6 is 12.2 Å². The van der Waals surface area contributed by atoms with E-state index >= 15 is 0 Å². The Morgan fingerprint density at radius 3 is 2.45 bits per heavy atom. The Hall–Kier alpha value is -2.54. The highest BCUT2D eigenvalue weighted by Crippen LogP contribution is 2.08. The van der Waals surface area contributed by atoms with Crippen molar-refractivity contribution >= 4 is 23.2 Å². The standard InChI is InChI=1S/C15H13F2N3OS/c16-11-6-7-12(13(17)8-11)14(21)19-20-15(22)18-9-10-4-2-1-3-5-10/h1-8H,9H2,(H,19,21)(H2,18,20,22). The van der Waals surface area contributed by atoms with E-state index < -0.39 is 17.5 Å². The summed E-state index contributed by atoms with van der Waals surface area (Å²) in [6.07, 6.45) is 0. The van der Waals surface area contributed by atoms with Crippen LogP contribution in [-0.4, -0.2) is 11.0 Å². The van der Waals surface area contributed by atoms with Gasteiger partial charge in [0, 0.05) is 12.6 Å². The van der Waals surface area contributed by atoms with Crippen LogP contribution in [0.4, 0.5) is 8.78 Å². The fourth-order valence-electron chi connectivity index (χ4n) is 1.68. The highest BCUT2D eigenvalue weighted by Gasteiger charge is 2.12. The van der Waals surface area contributed by atoms with Crippen molar-refractivity contribution in [2.45, 2.75) is 6.54 Å². The van der Waals surface area contributed by atoms with Gasteiger partial charge in [0.05, 0.1) is 5.56 Å². The van der Waals surface area contributed by atoms with Gasteiger partial charge in [0.25, 0.3) is 5.91 Å². The molecule has 0 fully saturated rings. The Kier molecular flexibility index (Phi) is 5.37. The van der Waals surface area contributed by atoms with E-state index in [4.69, 9.17) is 12.2 Å². The maximum atomic E-state index is 13.4. The van der Waals surface area contributed by atoms with Gasteiger partial charge in [-0.1, -0.05) is 30.3 Å². The van der Waals surface area contributed by atoms with Gasteiger partial charge < -0.3 is 5.32 Å². The fourth-order valence-corrected chi connectivity index (χ4v) is 1.80. The Bertz CT molecular complexity index is 680. The number of benzene rings is 2. The third kappa shape index (κ3) is 4.49. The molecule has 0 aromatic heterocycles. The van der Waals surface area contributed by atoms with Gasteiger partial charge in [-0.05, 0) is 29.9 Å². The molecule has 0 bridgehead atoms. The first kappa shape index (κ1) is 15.8. The smallest absolute Gasteiger partial charge is 0.272 e. The minimum absolute atomic E-state index is 0.180. The van der Waals surface area contributed by atoms with Crippen LogP contribution in [0.1, 0.15) is 15.9 Å². The van der Waals surface area contributed by atoms with Crippen LogP contribution < -0.4 is 16.2 Å². The van der Waals surface area contributed by atoms with Crippen LogP contribution in [-0.2, 0) is 6.54 Å². The van der Waals surface area contributed by atoms with E-state index in [0.717, 1.165) is 17.7 Å². The van der Waals surface area contributed by atoms with E-state index in [2.05, 4.69) is 16.2 Å². The Morgan fingerprint density at radius 1 is 1.05 bits per heavy atom. The average molecular weight is 321 g/mol. The fraction of sp³-hybridized carbons (Fsp3) is 0.0667. The van der Waals surface area contributed by atoms with Gasteiger partial charge in [-0.15, -0.1) is 0 Å². The third-order valence-corrected chi connectivity index (χ3v) is 3.01. The van der Waals surface area contributed by atoms with Crippen LogP contribution in [0.2, 0.25) is 0 Å². The van der Waals surface area contributed by atoms with E-state index in [9.17, 15) is 13.6 Å². The van der Waals surface area contributed by atoms with E-state index in [1.54, 1.807) is 0 Å². The summed E-state index contributed by atoms with van der Waals surface area (Å²) in [5, 5.41) is 3.06. The second-order valence-electron chi connectivity index (χ2n) is 4.37. The quantitative estimate of drug-likeness (QED) is 0.600. The second-order valence-corrected chi connectivity index (χ2v) is 4.78. The molecule has 0 aliphatic heterocycles. The monoisotopic (exact) mass is 321 g/mol. The summed E-state index contributed by atoms with van der Waals surface area (Å²) in [5.74, 6) is -2.44. The van der Waals surface area contributed by atoms with Gasteiger partial charge in [0.15, 0.2) is 5.11 Å². The molecule has 2 rings (SSSR count). The van der Waals surface area contributed by atoms with Crippen molar-refractivity contribution in [1.82, 2.24) is 16.2 Å². The van der Waals surface area contributed by atoms with Gasteiger partial charge in [-0.2, -0.15) is 0 Å². The van der Waals surface area contributed by atoms with E-state index in [-0.39, 0.29) is 10.7 Å². The lowest BCUT2D eigenvalue weighted by Gasteiger charge is -2.12. The molecule has 0 heterocycles. The molecule has 0 atom stereocenters. The molecular formula is C15H13F2N3OS. The molecule has 114 valence electrons. The van der Waals surface area contributed by atoms with Crippen molar-refractivity contribution in [3.63, 3.8) is 0 Å². The molecule has 0 spiro atoms. The molecule has 0 saturated heterocycles. The maximum Gasteiger partial charge on any atom is 0.272 e. The number of amides is 1. The molecule has 3 N–H and O–H groups in total. The summed E-state index contributed by atoms with van der Waals surface area (Å²) in [6.45, 7) is 0.480. The first-order chi connectivity index (χ1) is 10.6. The van der Waals surface area contributed by atoms with Gasteiger partial charge in [0.1, 0.15) is 11.6 Å². The van der Waals surface area contributed by atoms with Crippen LogP contribution in [0.25, 0.3) is 0 Å². The van der Waals surface area contributed by atoms with E-state index in [1.165, 1.54) is 0 Å². The summed E-state index contributed by atoms with van der Waals surface area (Å²) >= 11 is 4.98. The predicted octanol–water partition coefficient (Wildman–Crippen LogP) is 2.27. The topological polar surface area (TPSA) is 53.2 Å². The lowest BCUT2D eigenvalue weighted by Crippen LogP contribution is -2.46. The highest BCUT2D eigenvalue weighted by molar-refractivity contribution is 7.80. The first-order valence-electron chi connectivity index (χ1n) is 6.39. The van der Waals surface area contributed by atoms with Crippen molar-refractivity contribution in [1.29, 1.82) is 0 Å². The number of nitrogens with one attached hydrogen (secondary N) is 3. The Morgan fingerprint density at radius 2 is 1.77 bits per heavy atom. The van der Waals surface area contributed by atoms with Crippen molar-refractivity contribution in [3.05, 3.63) is 71.3 Å².